The van der Waals surface area contributed by atoms with Crippen LogP contribution in [0.25, 0.3) is 23.3 Å². The van der Waals surface area contributed by atoms with Crippen LogP contribution in [0.5, 0.6) is 0 Å². The van der Waals surface area contributed by atoms with E-state index < -0.39 is 67.7 Å². The van der Waals surface area contributed by atoms with Crippen LogP contribution in [0.15, 0.2) is 116 Å². The van der Waals surface area contributed by atoms with E-state index in [1.807, 2.05) is 18.2 Å². The van der Waals surface area contributed by atoms with Crippen LogP contribution < -0.4 is 67.4 Å². The average molecular weight is 753 g/mol. The molecular formula is C32H19Li3N4O11S3. The molecule has 21 heteroatoms. The van der Waals surface area contributed by atoms with E-state index in [0.29, 0.717) is 29.0 Å². The molecule has 0 aromatic heterocycles. The zero-order valence-corrected chi connectivity index (χ0v) is 30.4. The van der Waals surface area contributed by atoms with Crippen LogP contribution >= 0.6 is 0 Å². The van der Waals surface area contributed by atoms with Crippen LogP contribution in [0, 0.1) is 0 Å². The number of fused-ring (bicyclic) bond motifs is 2. The summed E-state index contributed by atoms with van der Waals surface area (Å²) in [6, 6.07) is 21.3. The summed E-state index contributed by atoms with van der Waals surface area (Å²) in [6.07, 6.45) is 3.63. The van der Waals surface area contributed by atoms with E-state index in [0.717, 1.165) is 11.1 Å². The summed E-state index contributed by atoms with van der Waals surface area (Å²) in [5.74, 6) is -1.74. The summed E-state index contributed by atoms with van der Waals surface area (Å²) in [5.41, 5.74) is 6.59. The number of hydrogen-bond donors (Lipinski definition) is 2. The summed E-state index contributed by atoms with van der Waals surface area (Å²) in [4.78, 5) is 21.8. The van der Waals surface area contributed by atoms with Gasteiger partial charge in [-0.05, 0) is 70.8 Å². The fourth-order valence-corrected chi connectivity index (χ4v) is 7.10. The van der Waals surface area contributed by atoms with Crippen LogP contribution in [-0.4, -0.2) is 61.9 Å². The number of rotatable bonds is 8. The Morgan fingerprint density at radius 1 is 0.566 bits per heavy atom. The zero-order valence-electron chi connectivity index (χ0n) is 27.9. The fourth-order valence-electron chi connectivity index (χ4n) is 5.11. The number of allylic oxidation sites excluding steroid dienone is 2. The first-order valence-electron chi connectivity index (χ1n) is 14.0. The first-order valence-corrected chi connectivity index (χ1v) is 18.3. The van der Waals surface area contributed by atoms with Gasteiger partial charge in [0, 0.05) is 11.1 Å². The predicted octanol–water partition coefficient (Wildman–Crippen LogP) is -5.86. The molecule has 0 heterocycles. The molecule has 254 valence electrons. The third kappa shape index (κ3) is 9.46. The summed E-state index contributed by atoms with van der Waals surface area (Å²) < 4.78 is 107. The van der Waals surface area contributed by atoms with E-state index in [-0.39, 0.29) is 79.8 Å². The molecule has 0 aliphatic heterocycles. The molecule has 53 heavy (non-hydrogen) atoms. The first-order chi connectivity index (χ1) is 23.5. The van der Waals surface area contributed by atoms with Gasteiger partial charge in [0.2, 0.25) is 11.6 Å². The molecule has 0 atom stereocenters. The molecule has 2 N–H and O–H groups in total. The minimum atomic E-state index is -5.59. The maximum absolute atomic E-state index is 13.3. The molecule has 15 nitrogen and oxygen atoms in total. The van der Waals surface area contributed by atoms with Gasteiger partial charge in [-0.1, -0.05) is 54.6 Å². The molecule has 2 aliphatic carbocycles. The maximum atomic E-state index is 13.3. The maximum Gasteiger partial charge on any atom is 1.00 e. The van der Waals surface area contributed by atoms with Gasteiger partial charge in [0.25, 0.3) is 0 Å². The number of benzene rings is 4. The first kappa shape index (κ1) is 43.6. The number of hydrazone groups is 2. The van der Waals surface area contributed by atoms with Crippen molar-refractivity contribution in [2.24, 2.45) is 10.2 Å². The number of Topliss-reactive ketones (excluding diaryl/α,β-unsaturated/α-hetero) is 1. The Morgan fingerprint density at radius 3 is 1.60 bits per heavy atom. The molecule has 4 aromatic rings. The molecule has 0 fully saturated rings. The van der Waals surface area contributed by atoms with E-state index in [1.54, 1.807) is 48.5 Å². The minimum absolute atomic E-state index is 0. The Balaban J connectivity index is 0.00000252. The quantitative estimate of drug-likeness (QED) is 0.0968. The fraction of sp³-hybridized carbons (Fsp3) is 0. The molecule has 2 aliphatic rings. The smallest absolute Gasteiger partial charge is 0.744 e. The van der Waals surface area contributed by atoms with E-state index in [9.17, 15) is 48.5 Å². The van der Waals surface area contributed by atoms with Crippen molar-refractivity contribution >= 4 is 76.9 Å². The van der Waals surface area contributed by atoms with Crippen molar-refractivity contribution < 1.29 is 105 Å². The number of nitrogens with one attached hydrogen (secondary N) is 2. The summed E-state index contributed by atoms with van der Waals surface area (Å²) in [5, 5.41) is 8.01. The van der Waals surface area contributed by atoms with E-state index in [1.165, 1.54) is 18.2 Å². The van der Waals surface area contributed by atoms with E-state index >= 15 is 0 Å². The Hall–Kier alpha value is -3.84. The van der Waals surface area contributed by atoms with Crippen molar-refractivity contribution in [1.29, 1.82) is 0 Å². The Bertz CT molecular complexity index is 2590. The van der Waals surface area contributed by atoms with Gasteiger partial charge in [0.05, 0.1) is 26.1 Å². The van der Waals surface area contributed by atoms with Crippen LogP contribution in [0.4, 0.5) is 11.4 Å². The van der Waals surface area contributed by atoms with Gasteiger partial charge in [-0.3, -0.25) is 20.4 Å². The van der Waals surface area contributed by atoms with Gasteiger partial charge in [0.1, 0.15) is 41.8 Å². The van der Waals surface area contributed by atoms with Crippen LogP contribution in [0.1, 0.15) is 27.0 Å². The summed E-state index contributed by atoms with van der Waals surface area (Å²) >= 11 is 0. The number of anilines is 2. The van der Waals surface area contributed by atoms with Crippen LogP contribution in [0.2, 0.25) is 0 Å². The number of ketones is 2. The van der Waals surface area contributed by atoms with E-state index in [2.05, 4.69) is 21.1 Å². The zero-order chi connectivity index (χ0) is 36.0. The minimum Gasteiger partial charge on any atom is -0.744 e. The molecule has 0 unspecified atom stereocenters. The van der Waals surface area contributed by atoms with Gasteiger partial charge in [-0.25, -0.2) is 25.3 Å². The molecule has 6 rings (SSSR count). The topological polar surface area (TPSA) is 255 Å². The monoisotopic (exact) mass is 752 g/mol. The van der Waals surface area contributed by atoms with Gasteiger partial charge in [-0.15, -0.1) is 0 Å². The van der Waals surface area contributed by atoms with Crippen molar-refractivity contribution in [3.63, 3.8) is 0 Å². The van der Waals surface area contributed by atoms with Gasteiger partial charge in [0.15, 0.2) is 0 Å². The molecule has 0 saturated carbocycles. The van der Waals surface area contributed by atoms with Gasteiger partial charge < -0.3 is 13.7 Å². The summed E-state index contributed by atoms with van der Waals surface area (Å²) in [7, 11) is -16.5. The van der Waals surface area contributed by atoms with Crippen molar-refractivity contribution in [2.75, 3.05) is 10.9 Å². The largest absolute Gasteiger partial charge is 1.00 e. The molecule has 0 spiro atoms. The molecular weight excluding hydrogens is 733 g/mol. The molecule has 4 aromatic carbocycles. The van der Waals surface area contributed by atoms with Crippen molar-refractivity contribution in [3.8, 4) is 11.1 Å². The Morgan fingerprint density at radius 2 is 1.09 bits per heavy atom. The average Bonchev–Trinajstić information content (AvgIpc) is 3.06. The normalized spacial score (nSPS) is 15.3. The van der Waals surface area contributed by atoms with Crippen LogP contribution in [0.3, 0.4) is 0 Å². The summed E-state index contributed by atoms with van der Waals surface area (Å²) in [6.45, 7) is 0. The Kier molecular flexibility index (Phi) is 13.7. The Labute approximate surface area is 339 Å². The van der Waals surface area contributed by atoms with Crippen molar-refractivity contribution in [3.05, 3.63) is 118 Å². The van der Waals surface area contributed by atoms with Gasteiger partial charge >= 0.3 is 56.6 Å². The SMILES string of the molecule is O=C1C=Cc2ccccc2/C1=N\Nc1ccc(-c2ccc(N/N=C3\C(=O)c4c(cc(S(=O)(=O)[O-])cc4S(=O)(=O)[O-])C=C3S(=O)(=O)[O-])cc2)cc1.[Li+].[Li+].[Li+]. The van der Waals surface area contributed by atoms with Crippen molar-refractivity contribution in [2.45, 2.75) is 9.79 Å². The van der Waals surface area contributed by atoms with Gasteiger partial charge in [-0.2, -0.15) is 10.2 Å². The molecule has 0 bridgehead atoms. The number of hydrogen-bond acceptors (Lipinski definition) is 15. The second kappa shape index (κ2) is 16.7. The molecule has 0 radical (unpaired) electrons. The second-order valence-corrected chi connectivity index (χ2v) is 14.7. The van der Waals surface area contributed by atoms with E-state index in [4.69, 9.17) is 0 Å². The third-order valence-corrected chi connectivity index (χ3v) is 9.98. The van der Waals surface area contributed by atoms with Crippen molar-refractivity contribution in [1.82, 2.24) is 0 Å². The standard InChI is InChI=1S/C32H22N4O11S3.3Li/c37-26-14-9-20-3-1-2-4-25(20)30(26)35-33-22-10-5-18(6-11-22)19-7-12-23(13-8-19)34-36-31-28(50(45,46)47)16-21-15-24(48(39,40)41)17-27(49(42,43)44)29(21)32(31)38;;;/h1-17,33-34H,(H,39,40,41)(H,42,43,44)(H,45,46,47);;;/q;3*+1/p-3/b35-30+,36-31-;;;. The molecule has 0 saturated heterocycles. The third-order valence-electron chi connectivity index (χ3n) is 7.46. The molecule has 0 amide bonds. The number of carbonyl (C=O) groups excluding carboxylic acids is 2. The van der Waals surface area contributed by atoms with Crippen LogP contribution in [-0.2, 0) is 35.1 Å². The second-order valence-electron chi connectivity index (χ2n) is 10.7. The number of nitrogens with zero attached hydrogens (tertiary/aromatic N) is 2. The number of carbonyl (C=O) groups is 2. The predicted molar refractivity (Wildman–Crippen MR) is 178 cm³/mol.